The van der Waals surface area contributed by atoms with Crippen LogP contribution in [0.3, 0.4) is 0 Å². The fourth-order valence-electron chi connectivity index (χ4n) is 4.17. The Bertz CT molecular complexity index is 607. The molecule has 1 fully saturated rings. The summed E-state index contributed by atoms with van der Waals surface area (Å²) in [7, 11) is 0. The molecule has 4 nitrogen and oxygen atoms in total. The second-order valence-electron chi connectivity index (χ2n) is 7.60. The fourth-order valence-corrected chi connectivity index (χ4v) is 4.30. The molecule has 1 aromatic rings. The molecule has 0 unspecified atom stereocenters. The van der Waals surface area contributed by atoms with Crippen molar-refractivity contribution in [1.82, 2.24) is 20.2 Å². The summed E-state index contributed by atoms with van der Waals surface area (Å²) in [5, 5.41) is 3.24. The summed E-state index contributed by atoms with van der Waals surface area (Å²) in [6, 6.07) is 8.25. The average molecular weight is 361 g/mol. The second-order valence-corrected chi connectivity index (χ2v) is 8.04. The summed E-state index contributed by atoms with van der Waals surface area (Å²) in [4.78, 5) is 5.15. The number of hydrogen-bond donors (Lipinski definition) is 1. The molecule has 3 heterocycles. The molecule has 0 saturated carbocycles. The molecule has 0 atom stereocenters. The van der Waals surface area contributed by atoms with E-state index in [0.717, 1.165) is 37.7 Å². The Morgan fingerprint density at radius 1 is 0.880 bits per heavy atom. The van der Waals surface area contributed by atoms with Crippen LogP contribution < -0.4 is 5.43 Å². The van der Waals surface area contributed by atoms with Crippen LogP contribution in [0.15, 0.2) is 35.5 Å². The standard InChI is InChI=1S/C20H29ClN4/c21-19-6-4-17(5-7-19)14-24-11-8-18-15-25(22-20(18)16-24)13-12-23-9-2-1-3-10-23/h4-7,22H,1-3,8-16H2. The Balaban J connectivity index is 1.25. The minimum Gasteiger partial charge on any atom is -0.321 e. The summed E-state index contributed by atoms with van der Waals surface area (Å²) in [5.74, 6) is 0. The highest BCUT2D eigenvalue weighted by atomic mass is 35.5. The molecule has 1 saturated heterocycles. The van der Waals surface area contributed by atoms with Crippen LogP contribution in [0.4, 0.5) is 0 Å². The number of rotatable bonds is 5. The van der Waals surface area contributed by atoms with Gasteiger partial charge in [-0.3, -0.25) is 4.90 Å². The third kappa shape index (κ3) is 4.56. The molecule has 1 N–H and O–H groups in total. The smallest absolute Gasteiger partial charge is 0.0411 e. The summed E-state index contributed by atoms with van der Waals surface area (Å²) >= 11 is 5.99. The lowest BCUT2D eigenvalue weighted by Gasteiger charge is -2.29. The zero-order valence-corrected chi connectivity index (χ0v) is 15.8. The zero-order valence-electron chi connectivity index (χ0n) is 15.0. The van der Waals surface area contributed by atoms with E-state index in [0.29, 0.717) is 0 Å². The van der Waals surface area contributed by atoms with Crippen LogP contribution in [0, 0.1) is 0 Å². The predicted molar refractivity (Wildman–Crippen MR) is 103 cm³/mol. The maximum Gasteiger partial charge on any atom is 0.0411 e. The van der Waals surface area contributed by atoms with E-state index < -0.39 is 0 Å². The summed E-state index contributed by atoms with van der Waals surface area (Å²) in [5.41, 5.74) is 8.08. The summed E-state index contributed by atoms with van der Waals surface area (Å²) in [6.07, 6.45) is 5.36. The first-order valence-corrected chi connectivity index (χ1v) is 10.1. The number of halogens is 1. The van der Waals surface area contributed by atoms with Gasteiger partial charge in [-0.1, -0.05) is 30.2 Å². The molecule has 0 aromatic heterocycles. The van der Waals surface area contributed by atoms with E-state index in [1.807, 2.05) is 12.1 Å². The summed E-state index contributed by atoms with van der Waals surface area (Å²) in [6.45, 7) is 9.21. The topological polar surface area (TPSA) is 21.8 Å². The van der Waals surface area contributed by atoms with Gasteiger partial charge in [-0.15, -0.1) is 0 Å². The number of nitrogens with one attached hydrogen (secondary N) is 1. The van der Waals surface area contributed by atoms with Crippen molar-refractivity contribution in [3.8, 4) is 0 Å². The highest BCUT2D eigenvalue weighted by Gasteiger charge is 2.27. The largest absolute Gasteiger partial charge is 0.321 e. The van der Waals surface area contributed by atoms with E-state index in [-0.39, 0.29) is 0 Å². The lowest BCUT2D eigenvalue weighted by Crippen LogP contribution is -2.42. The molecule has 3 aliphatic rings. The van der Waals surface area contributed by atoms with E-state index in [4.69, 9.17) is 11.6 Å². The first-order valence-electron chi connectivity index (χ1n) is 9.68. The third-order valence-corrected chi connectivity index (χ3v) is 5.92. The molecule has 3 aliphatic heterocycles. The Labute approximate surface area is 156 Å². The number of hydrazine groups is 1. The van der Waals surface area contributed by atoms with Gasteiger partial charge in [0.2, 0.25) is 0 Å². The minimum absolute atomic E-state index is 0.814. The van der Waals surface area contributed by atoms with Gasteiger partial charge in [-0.25, -0.2) is 5.01 Å². The van der Waals surface area contributed by atoms with Crippen molar-refractivity contribution in [3.05, 3.63) is 46.1 Å². The number of hydrogen-bond acceptors (Lipinski definition) is 4. The number of nitrogens with zero attached hydrogens (tertiary/aromatic N) is 3. The van der Waals surface area contributed by atoms with Crippen molar-refractivity contribution in [2.75, 3.05) is 45.8 Å². The Morgan fingerprint density at radius 3 is 2.48 bits per heavy atom. The Morgan fingerprint density at radius 2 is 1.68 bits per heavy atom. The van der Waals surface area contributed by atoms with Crippen LogP contribution in [0.1, 0.15) is 31.2 Å². The van der Waals surface area contributed by atoms with Crippen molar-refractivity contribution >= 4 is 11.6 Å². The van der Waals surface area contributed by atoms with E-state index in [2.05, 4.69) is 32.4 Å². The SMILES string of the molecule is Clc1ccc(CN2CCC3=C(C2)NN(CCN2CCCCC2)C3)cc1. The van der Waals surface area contributed by atoms with Crippen molar-refractivity contribution in [2.45, 2.75) is 32.2 Å². The maximum atomic E-state index is 5.99. The monoisotopic (exact) mass is 360 g/mol. The van der Waals surface area contributed by atoms with Crippen LogP contribution in [0.5, 0.6) is 0 Å². The molecular formula is C20H29ClN4. The van der Waals surface area contributed by atoms with Crippen molar-refractivity contribution in [2.24, 2.45) is 0 Å². The van der Waals surface area contributed by atoms with Gasteiger partial charge in [0.1, 0.15) is 0 Å². The molecule has 1 aromatic carbocycles. The van der Waals surface area contributed by atoms with Gasteiger partial charge < -0.3 is 10.3 Å². The molecular weight excluding hydrogens is 332 g/mol. The minimum atomic E-state index is 0.814. The molecule has 4 rings (SSSR count). The van der Waals surface area contributed by atoms with Crippen LogP contribution in [0.25, 0.3) is 0 Å². The van der Waals surface area contributed by atoms with Gasteiger partial charge in [0.15, 0.2) is 0 Å². The van der Waals surface area contributed by atoms with E-state index in [9.17, 15) is 0 Å². The molecule has 0 radical (unpaired) electrons. The van der Waals surface area contributed by atoms with Crippen molar-refractivity contribution in [3.63, 3.8) is 0 Å². The lowest BCUT2D eigenvalue weighted by atomic mass is 10.1. The number of likely N-dealkylation sites (tertiary alicyclic amines) is 1. The Hall–Kier alpha value is -1.07. The first kappa shape index (κ1) is 17.3. The average Bonchev–Trinajstić information content (AvgIpc) is 3.05. The zero-order chi connectivity index (χ0) is 17.1. The van der Waals surface area contributed by atoms with Gasteiger partial charge >= 0.3 is 0 Å². The van der Waals surface area contributed by atoms with E-state index in [1.165, 1.54) is 56.6 Å². The highest BCUT2D eigenvalue weighted by molar-refractivity contribution is 6.30. The van der Waals surface area contributed by atoms with E-state index >= 15 is 0 Å². The van der Waals surface area contributed by atoms with Crippen LogP contribution in [-0.4, -0.2) is 60.6 Å². The molecule has 0 spiro atoms. The van der Waals surface area contributed by atoms with Gasteiger partial charge in [0.05, 0.1) is 0 Å². The van der Waals surface area contributed by atoms with Gasteiger partial charge in [-0.2, -0.15) is 0 Å². The highest BCUT2D eigenvalue weighted by Crippen LogP contribution is 2.24. The van der Waals surface area contributed by atoms with Crippen LogP contribution in [0.2, 0.25) is 5.02 Å². The van der Waals surface area contributed by atoms with Crippen LogP contribution >= 0.6 is 11.6 Å². The molecule has 0 aliphatic carbocycles. The molecule has 136 valence electrons. The van der Waals surface area contributed by atoms with E-state index in [1.54, 1.807) is 5.57 Å². The van der Waals surface area contributed by atoms with Crippen LogP contribution in [-0.2, 0) is 6.54 Å². The first-order chi connectivity index (χ1) is 12.3. The van der Waals surface area contributed by atoms with Crippen molar-refractivity contribution < 1.29 is 0 Å². The molecule has 25 heavy (non-hydrogen) atoms. The number of piperidine rings is 1. The van der Waals surface area contributed by atoms with Gasteiger partial charge in [-0.05, 0) is 55.6 Å². The van der Waals surface area contributed by atoms with Crippen molar-refractivity contribution in [1.29, 1.82) is 0 Å². The summed E-state index contributed by atoms with van der Waals surface area (Å²) < 4.78 is 0. The van der Waals surface area contributed by atoms with Gasteiger partial charge in [0, 0.05) is 50.0 Å². The molecule has 0 bridgehead atoms. The quantitative estimate of drug-likeness (QED) is 0.870. The maximum absolute atomic E-state index is 5.99. The third-order valence-electron chi connectivity index (χ3n) is 5.67. The lowest BCUT2D eigenvalue weighted by molar-refractivity contribution is 0.171. The second kappa shape index (κ2) is 8.09. The normalized spacial score (nSPS) is 22.9. The fraction of sp³-hybridized carbons (Fsp3) is 0.600. The predicted octanol–water partition coefficient (Wildman–Crippen LogP) is 3.11. The number of benzene rings is 1. The Kier molecular flexibility index (Phi) is 5.61. The molecule has 5 heteroatoms. The molecule has 0 amide bonds. The van der Waals surface area contributed by atoms with Gasteiger partial charge in [0.25, 0.3) is 0 Å².